The van der Waals surface area contributed by atoms with E-state index in [-0.39, 0.29) is 5.41 Å². The van der Waals surface area contributed by atoms with Gasteiger partial charge in [-0.1, -0.05) is 20.8 Å². The van der Waals surface area contributed by atoms with Crippen molar-refractivity contribution in [2.45, 2.75) is 58.4 Å². The third-order valence-corrected chi connectivity index (χ3v) is 6.56. The first-order valence-corrected chi connectivity index (χ1v) is 10.7. The van der Waals surface area contributed by atoms with Gasteiger partial charge in [-0.3, -0.25) is 4.90 Å². The molecule has 0 bridgehead atoms. The summed E-state index contributed by atoms with van der Waals surface area (Å²) in [7, 11) is 0. The Morgan fingerprint density at radius 3 is 2.50 bits per heavy atom. The molecule has 28 heavy (non-hydrogen) atoms. The third kappa shape index (κ3) is 3.43. The van der Waals surface area contributed by atoms with Gasteiger partial charge in [0, 0.05) is 44.1 Å². The molecule has 150 valence electrons. The normalized spacial score (nSPS) is 25.2. The van der Waals surface area contributed by atoms with Gasteiger partial charge in [0.05, 0.1) is 17.9 Å². The molecule has 0 saturated carbocycles. The van der Waals surface area contributed by atoms with Gasteiger partial charge in [-0.05, 0) is 31.1 Å². The van der Waals surface area contributed by atoms with E-state index in [0.29, 0.717) is 11.8 Å². The molecule has 2 aliphatic heterocycles. The summed E-state index contributed by atoms with van der Waals surface area (Å²) in [5, 5.41) is 0. The minimum atomic E-state index is 0.0549. The van der Waals surface area contributed by atoms with Crippen LogP contribution in [0.1, 0.15) is 56.7 Å². The van der Waals surface area contributed by atoms with E-state index in [1.54, 1.807) is 6.33 Å². The fourth-order valence-electron chi connectivity index (χ4n) is 5.00. The van der Waals surface area contributed by atoms with Crippen LogP contribution in [-0.4, -0.2) is 46.0 Å². The molecule has 6 heteroatoms. The molecule has 1 aliphatic carbocycles. The molecular formula is C22H31N5O. The average Bonchev–Trinajstić information content (AvgIpc) is 3.33. The van der Waals surface area contributed by atoms with E-state index in [2.05, 4.69) is 46.6 Å². The summed E-state index contributed by atoms with van der Waals surface area (Å²) in [6, 6.07) is 2.18. The van der Waals surface area contributed by atoms with Crippen LogP contribution in [0.15, 0.2) is 16.8 Å². The Kier molecular flexibility index (Phi) is 4.42. The molecule has 2 aromatic rings. The van der Waals surface area contributed by atoms with Gasteiger partial charge in [-0.25, -0.2) is 15.0 Å². The standard InChI is InChI=1S/C22H31N5O/c1-22(2,3)19-8-20(24-14-23-19)27-11-15-9-26(10-16(15)12-27)13-21-25-17-6-4-5-7-18(17)28-21/h8,14-16H,4-7,9-13H2,1-3H3. The molecule has 0 spiro atoms. The number of aromatic nitrogens is 3. The van der Waals surface area contributed by atoms with Crippen molar-refractivity contribution >= 4 is 5.82 Å². The van der Waals surface area contributed by atoms with E-state index in [0.717, 1.165) is 68.7 Å². The number of hydrogen-bond acceptors (Lipinski definition) is 6. The summed E-state index contributed by atoms with van der Waals surface area (Å²) in [6.07, 6.45) is 6.38. The monoisotopic (exact) mass is 381 g/mol. The van der Waals surface area contributed by atoms with E-state index in [1.165, 1.54) is 18.5 Å². The second-order valence-electron chi connectivity index (χ2n) is 9.82. The van der Waals surface area contributed by atoms with Crippen LogP contribution in [0, 0.1) is 11.8 Å². The number of aryl methyl sites for hydroxylation is 2. The predicted molar refractivity (Wildman–Crippen MR) is 108 cm³/mol. The number of fused-ring (bicyclic) bond motifs is 2. The molecule has 0 N–H and O–H groups in total. The maximum absolute atomic E-state index is 6.05. The van der Waals surface area contributed by atoms with Crippen molar-refractivity contribution < 1.29 is 4.42 Å². The zero-order valence-electron chi connectivity index (χ0n) is 17.3. The van der Waals surface area contributed by atoms with Gasteiger partial charge < -0.3 is 9.32 Å². The van der Waals surface area contributed by atoms with E-state index >= 15 is 0 Å². The summed E-state index contributed by atoms with van der Waals surface area (Å²) < 4.78 is 6.05. The molecule has 2 unspecified atom stereocenters. The Labute approximate surface area is 167 Å². The zero-order valence-corrected chi connectivity index (χ0v) is 17.3. The van der Waals surface area contributed by atoms with Crippen LogP contribution in [0.25, 0.3) is 0 Å². The Morgan fingerprint density at radius 2 is 1.79 bits per heavy atom. The first kappa shape index (κ1) is 18.1. The van der Waals surface area contributed by atoms with Gasteiger partial charge in [-0.15, -0.1) is 0 Å². The van der Waals surface area contributed by atoms with Crippen LogP contribution in [0.3, 0.4) is 0 Å². The maximum Gasteiger partial charge on any atom is 0.208 e. The van der Waals surface area contributed by atoms with Crippen LogP contribution in [0.2, 0.25) is 0 Å². The number of anilines is 1. The lowest BCUT2D eigenvalue weighted by Gasteiger charge is -2.23. The fraction of sp³-hybridized carbons (Fsp3) is 0.682. The fourth-order valence-corrected chi connectivity index (χ4v) is 5.00. The van der Waals surface area contributed by atoms with E-state index < -0.39 is 0 Å². The van der Waals surface area contributed by atoms with Gasteiger partial charge in [0.2, 0.25) is 5.89 Å². The number of oxazole rings is 1. The molecule has 0 radical (unpaired) electrons. The quantitative estimate of drug-likeness (QED) is 0.814. The van der Waals surface area contributed by atoms with Crippen molar-refractivity contribution in [2.24, 2.45) is 11.8 Å². The van der Waals surface area contributed by atoms with Gasteiger partial charge in [0.15, 0.2) is 0 Å². The van der Waals surface area contributed by atoms with Crippen molar-refractivity contribution in [2.75, 3.05) is 31.1 Å². The highest BCUT2D eigenvalue weighted by Gasteiger charge is 2.41. The highest BCUT2D eigenvalue weighted by Crippen LogP contribution is 2.35. The smallest absolute Gasteiger partial charge is 0.208 e. The Hall–Kier alpha value is -1.95. The highest BCUT2D eigenvalue weighted by molar-refractivity contribution is 5.42. The van der Waals surface area contributed by atoms with Crippen LogP contribution >= 0.6 is 0 Å². The Morgan fingerprint density at radius 1 is 1.04 bits per heavy atom. The van der Waals surface area contributed by atoms with E-state index in [1.807, 2.05) is 0 Å². The molecule has 0 aromatic carbocycles. The lowest BCUT2D eigenvalue weighted by atomic mass is 9.92. The number of hydrogen-bond donors (Lipinski definition) is 0. The van der Waals surface area contributed by atoms with Crippen molar-refractivity contribution in [1.82, 2.24) is 19.9 Å². The first-order valence-electron chi connectivity index (χ1n) is 10.7. The molecular weight excluding hydrogens is 350 g/mol. The largest absolute Gasteiger partial charge is 0.444 e. The van der Waals surface area contributed by atoms with Crippen molar-refractivity contribution in [1.29, 1.82) is 0 Å². The minimum absolute atomic E-state index is 0.0549. The topological polar surface area (TPSA) is 58.3 Å². The molecule has 2 aromatic heterocycles. The minimum Gasteiger partial charge on any atom is -0.444 e. The van der Waals surface area contributed by atoms with Crippen LogP contribution < -0.4 is 4.90 Å². The maximum atomic E-state index is 6.05. The predicted octanol–water partition coefficient (Wildman–Crippen LogP) is 3.21. The highest BCUT2D eigenvalue weighted by atomic mass is 16.4. The molecule has 2 fully saturated rings. The van der Waals surface area contributed by atoms with Crippen molar-refractivity contribution in [3.63, 3.8) is 0 Å². The molecule has 2 saturated heterocycles. The van der Waals surface area contributed by atoms with Gasteiger partial charge in [0.1, 0.15) is 17.9 Å². The Balaban J connectivity index is 1.21. The molecule has 4 heterocycles. The lowest BCUT2D eigenvalue weighted by Crippen LogP contribution is -2.29. The van der Waals surface area contributed by atoms with E-state index in [4.69, 9.17) is 9.40 Å². The van der Waals surface area contributed by atoms with Gasteiger partial charge in [-0.2, -0.15) is 0 Å². The first-order chi connectivity index (χ1) is 13.5. The van der Waals surface area contributed by atoms with Crippen LogP contribution in [0.5, 0.6) is 0 Å². The van der Waals surface area contributed by atoms with Crippen molar-refractivity contribution in [3.05, 3.63) is 35.4 Å². The molecule has 6 nitrogen and oxygen atoms in total. The van der Waals surface area contributed by atoms with Crippen LogP contribution in [0.4, 0.5) is 5.82 Å². The lowest BCUT2D eigenvalue weighted by molar-refractivity contribution is 0.270. The number of rotatable bonds is 3. The Bertz CT molecular complexity index is 817. The summed E-state index contributed by atoms with van der Waals surface area (Å²) in [6.45, 7) is 11.9. The number of likely N-dealkylation sites (tertiary alicyclic amines) is 1. The third-order valence-electron chi connectivity index (χ3n) is 6.56. The van der Waals surface area contributed by atoms with Crippen LogP contribution in [-0.2, 0) is 24.8 Å². The van der Waals surface area contributed by atoms with E-state index in [9.17, 15) is 0 Å². The van der Waals surface area contributed by atoms with Gasteiger partial charge >= 0.3 is 0 Å². The molecule has 3 aliphatic rings. The second kappa shape index (κ2) is 6.83. The molecule has 5 rings (SSSR count). The van der Waals surface area contributed by atoms with Crippen molar-refractivity contribution in [3.8, 4) is 0 Å². The summed E-state index contributed by atoms with van der Waals surface area (Å²) in [4.78, 5) is 18.8. The summed E-state index contributed by atoms with van der Waals surface area (Å²) >= 11 is 0. The number of nitrogens with zero attached hydrogens (tertiary/aromatic N) is 5. The zero-order chi connectivity index (χ0) is 19.3. The summed E-state index contributed by atoms with van der Waals surface area (Å²) in [5.74, 6) is 4.57. The summed E-state index contributed by atoms with van der Waals surface area (Å²) in [5.41, 5.74) is 2.38. The molecule has 2 atom stereocenters. The SMILES string of the molecule is CC(C)(C)c1cc(N2CC3CN(Cc4nc5c(o4)CCCC5)CC3C2)ncn1. The van der Waals surface area contributed by atoms with Gasteiger partial charge in [0.25, 0.3) is 0 Å². The average molecular weight is 382 g/mol. The second-order valence-corrected chi connectivity index (χ2v) is 9.82. The molecule has 0 amide bonds.